The van der Waals surface area contributed by atoms with Gasteiger partial charge in [-0.25, -0.2) is 9.97 Å². The zero-order chi connectivity index (χ0) is 17.4. The quantitative estimate of drug-likeness (QED) is 0.710. The molecule has 2 rings (SSSR count). The van der Waals surface area contributed by atoms with Crippen LogP contribution in [0, 0.1) is 11.3 Å². The molecular weight excluding hydrogens is 310 g/mol. The Morgan fingerprint density at radius 3 is 2.62 bits per heavy atom. The Bertz CT molecular complexity index is 564. The van der Waals surface area contributed by atoms with Gasteiger partial charge in [0.1, 0.15) is 6.07 Å². The highest BCUT2D eigenvalue weighted by molar-refractivity contribution is 5.76. The summed E-state index contributed by atoms with van der Waals surface area (Å²) in [6, 6.07) is 1.99. The van der Waals surface area contributed by atoms with Crippen molar-refractivity contribution >= 4 is 11.9 Å². The van der Waals surface area contributed by atoms with Crippen LogP contribution < -0.4 is 4.90 Å². The van der Waals surface area contributed by atoms with E-state index in [4.69, 9.17) is 10.00 Å². The zero-order valence-electron chi connectivity index (χ0n) is 13.9. The van der Waals surface area contributed by atoms with Crippen LogP contribution in [0.5, 0.6) is 0 Å². The summed E-state index contributed by atoms with van der Waals surface area (Å²) in [5.74, 6) is 0.638. The van der Waals surface area contributed by atoms with Gasteiger partial charge in [0.2, 0.25) is 11.9 Å². The summed E-state index contributed by atoms with van der Waals surface area (Å²) in [4.78, 5) is 24.3. The predicted molar refractivity (Wildman–Crippen MR) is 87.3 cm³/mol. The van der Waals surface area contributed by atoms with Crippen LogP contribution in [0.4, 0.5) is 5.95 Å². The molecule has 1 saturated heterocycles. The first-order chi connectivity index (χ1) is 11.6. The van der Waals surface area contributed by atoms with E-state index in [1.54, 1.807) is 4.90 Å². The van der Waals surface area contributed by atoms with Crippen molar-refractivity contribution in [2.75, 3.05) is 44.3 Å². The lowest BCUT2D eigenvalue weighted by Crippen LogP contribution is -2.49. The number of hydrogen-bond acceptors (Lipinski definition) is 7. The van der Waals surface area contributed by atoms with Crippen LogP contribution in [0.15, 0.2) is 12.4 Å². The second-order valence-corrected chi connectivity index (χ2v) is 5.64. The molecule has 0 radical (unpaired) electrons. The normalized spacial score (nSPS) is 15.9. The van der Waals surface area contributed by atoms with Crippen molar-refractivity contribution < 1.29 is 14.6 Å². The van der Waals surface area contributed by atoms with Gasteiger partial charge in [-0.2, -0.15) is 5.26 Å². The smallest absolute Gasteiger partial charge is 0.225 e. The Morgan fingerprint density at radius 1 is 1.38 bits per heavy atom. The predicted octanol–water partition coefficient (Wildman–Crippen LogP) is 0.174. The van der Waals surface area contributed by atoms with Gasteiger partial charge < -0.3 is 19.6 Å². The van der Waals surface area contributed by atoms with Crippen LogP contribution in [0.1, 0.15) is 25.3 Å². The third-order valence-electron chi connectivity index (χ3n) is 3.92. The number of rotatable bonds is 7. The minimum Gasteiger partial charge on any atom is -0.391 e. The summed E-state index contributed by atoms with van der Waals surface area (Å²) in [5, 5.41) is 18.1. The molecule has 8 heteroatoms. The van der Waals surface area contributed by atoms with Gasteiger partial charge in [0.05, 0.1) is 43.7 Å². The van der Waals surface area contributed by atoms with E-state index in [1.807, 2.05) is 17.9 Å². The SMILES string of the molecule is CCC(O)COCCC(=O)N1CCN(c2ncc(C#N)cn2)CC1. The number of hydrogen-bond donors (Lipinski definition) is 1. The molecule has 0 bridgehead atoms. The Morgan fingerprint density at radius 2 is 2.04 bits per heavy atom. The molecule has 1 unspecified atom stereocenters. The van der Waals surface area contributed by atoms with E-state index >= 15 is 0 Å². The fraction of sp³-hybridized carbons (Fsp3) is 0.625. The van der Waals surface area contributed by atoms with Crippen LogP contribution in [0.25, 0.3) is 0 Å². The van der Waals surface area contributed by atoms with Crippen molar-refractivity contribution in [3.63, 3.8) is 0 Å². The number of nitrogens with zero attached hydrogens (tertiary/aromatic N) is 5. The van der Waals surface area contributed by atoms with Gasteiger partial charge in [-0.1, -0.05) is 6.92 Å². The second kappa shape index (κ2) is 9.15. The third-order valence-corrected chi connectivity index (χ3v) is 3.92. The van der Waals surface area contributed by atoms with Gasteiger partial charge >= 0.3 is 0 Å². The van der Waals surface area contributed by atoms with Gasteiger partial charge in [0.25, 0.3) is 0 Å². The first-order valence-corrected chi connectivity index (χ1v) is 8.14. The number of aliphatic hydroxyl groups excluding tert-OH is 1. The number of carbonyl (C=O) groups excluding carboxylic acids is 1. The lowest BCUT2D eigenvalue weighted by Gasteiger charge is -2.34. The third kappa shape index (κ3) is 5.15. The molecule has 1 aromatic rings. The van der Waals surface area contributed by atoms with Gasteiger partial charge in [0.15, 0.2) is 0 Å². The molecule has 1 N–H and O–H groups in total. The zero-order valence-corrected chi connectivity index (χ0v) is 13.9. The summed E-state index contributed by atoms with van der Waals surface area (Å²) in [6.45, 7) is 5.03. The Labute approximate surface area is 141 Å². The molecule has 1 fully saturated rings. The summed E-state index contributed by atoms with van der Waals surface area (Å²) < 4.78 is 5.31. The summed E-state index contributed by atoms with van der Waals surface area (Å²) in [6.07, 6.45) is 3.51. The maximum absolute atomic E-state index is 12.1. The highest BCUT2D eigenvalue weighted by Crippen LogP contribution is 2.11. The summed E-state index contributed by atoms with van der Waals surface area (Å²) in [5.41, 5.74) is 0.431. The van der Waals surface area contributed by atoms with E-state index in [-0.39, 0.29) is 12.5 Å². The van der Waals surface area contributed by atoms with Gasteiger partial charge in [-0.15, -0.1) is 0 Å². The molecule has 8 nitrogen and oxygen atoms in total. The standard InChI is InChI=1S/C16H23N5O3/c1-2-14(22)12-24-8-3-15(23)20-4-6-21(7-5-20)16-18-10-13(9-17)11-19-16/h10-11,14,22H,2-8,12H2,1H3. The Hall–Kier alpha value is -2.24. The van der Waals surface area contributed by atoms with Crippen molar-refractivity contribution in [3.05, 3.63) is 18.0 Å². The summed E-state index contributed by atoms with van der Waals surface area (Å²) in [7, 11) is 0. The molecule has 1 aliphatic heterocycles. The average molecular weight is 333 g/mol. The number of piperazine rings is 1. The second-order valence-electron chi connectivity index (χ2n) is 5.64. The van der Waals surface area contributed by atoms with Crippen LogP contribution in [-0.2, 0) is 9.53 Å². The monoisotopic (exact) mass is 333 g/mol. The lowest BCUT2D eigenvalue weighted by molar-refractivity contribution is -0.132. The van der Waals surface area contributed by atoms with Crippen molar-refractivity contribution in [2.45, 2.75) is 25.9 Å². The van der Waals surface area contributed by atoms with Crippen molar-refractivity contribution in [2.24, 2.45) is 0 Å². The van der Waals surface area contributed by atoms with Gasteiger partial charge in [-0.05, 0) is 6.42 Å². The fourth-order valence-corrected chi connectivity index (χ4v) is 2.35. The Balaban J connectivity index is 1.71. The van der Waals surface area contributed by atoms with Gasteiger partial charge in [0, 0.05) is 26.2 Å². The van der Waals surface area contributed by atoms with E-state index in [0.29, 0.717) is 57.1 Å². The molecule has 0 aromatic carbocycles. The minimum absolute atomic E-state index is 0.0568. The van der Waals surface area contributed by atoms with E-state index in [1.165, 1.54) is 12.4 Å². The highest BCUT2D eigenvalue weighted by Gasteiger charge is 2.22. The molecule has 1 amide bonds. The van der Waals surface area contributed by atoms with Crippen LogP contribution in [0.2, 0.25) is 0 Å². The van der Waals surface area contributed by atoms with Crippen molar-refractivity contribution in [3.8, 4) is 6.07 Å². The molecule has 130 valence electrons. The largest absolute Gasteiger partial charge is 0.391 e. The molecule has 24 heavy (non-hydrogen) atoms. The average Bonchev–Trinajstić information content (AvgIpc) is 2.65. The molecule has 1 atom stereocenters. The van der Waals surface area contributed by atoms with E-state index in [0.717, 1.165) is 0 Å². The number of aromatic nitrogens is 2. The summed E-state index contributed by atoms with van der Waals surface area (Å²) >= 11 is 0. The van der Waals surface area contributed by atoms with Crippen LogP contribution in [-0.4, -0.2) is 71.4 Å². The fourth-order valence-electron chi connectivity index (χ4n) is 2.35. The van der Waals surface area contributed by atoms with Crippen LogP contribution >= 0.6 is 0 Å². The molecular formula is C16H23N5O3. The van der Waals surface area contributed by atoms with Crippen LogP contribution in [0.3, 0.4) is 0 Å². The van der Waals surface area contributed by atoms with Crippen molar-refractivity contribution in [1.82, 2.24) is 14.9 Å². The number of amides is 1. The molecule has 0 spiro atoms. The van der Waals surface area contributed by atoms with E-state index in [9.17, 15) is 9.90 Å². The lowest BCUT2D eigenvalue weighted by atomic mass is 10.3. The maximum Gasteiger partial charge on any atom is 0.225 e. The first-order valence-electron chi connectivity index (χ1n) is 8.14. The Kier molecular flexibility index (Phi) is 6.90. The number of nitriles is 1. The molecule has 0 aliphatic carbocycles. The molecule has 1 aliphatic rings. The number of anilines is 1. The first kappa shape index (κ1) is 18.1. The minimum atomic E-state index is -0.462. The van der Waals surface area contributed by atoms with Crippen molar-refractivity contribution in [1.29, 1.82) is 5.26 Å². The molecule has 2 heterocycles. The molecule has 0 saturated carbocycles. The molecule has 1 aromatic heterocycles. The van der Waals surface area contributed by atoms with E-state index in [2.05, 4.69) is 9.97 Å². The highest BCUT2D eigenvalue weighted by atomic mass is 16.5. The topological polar surface area (TPSA) is 103 Å². The number of aliphatic hydroxyl groups is 1. The van der Waals surface area contributed by atoms with E-state index < -0.39 is 6.10 Å². The number of carbonyl (C=O) groups is 1. The van der Waals surface area contributed by atoms with Gasteiger partial charge in [-0.3, -0.25) is 4.79 Å². The number of ether oxygens (including phenoxy) is 1. The maximum atomic E-state index is 12.1.